The normalized spacial score (nSPS) is 31.7. The van der Waals surface area contributed by atoms with E-state index in [2.05, 4.69) is 4.98 Å². The Hall–Kier alpha value is -0.940. The molecule has 2 aliphatic rings. The standard InChI is InChI=1S/C13H17NO3S/c1-8-14-7-10(18-8)6-13(12(15)16)4-5-17-11(13)9-2-3-9/h7,9,11H,2-6H2,1H3,(H,15,16). The maximum Gasteiger partial charge on any atom is 0.312 e. The Kier molecular flexibility index (Phi) is 2.90. The Morgan fingerprint density at radius 3 is 3.00 bits per heavy atom. The minimum absolute atomic E-state index is 0.0996. The van der Waals surface area contributed by atoms with E-state index in [1.807, 2.05) is 13.1 Å². The van der Waals surface area contributed by atoms with Gasteiger partial charge in [-0.25, -0.2) is 4.98 Å². The number of carboxylic acids is 1. The topological polar surface area (TPSA) is 59.4 Å². The SMILES string of the molecule is Cc1ncc(CC2(C(=O)O)CCOC2C2CC2)s1. The lowest BCUT2D eigenvalue weighted by molar-refractivity contribution is -0.153. The van der Waals surface area contributed by atoms with E-state index in [0.717, 1.165) is 22.7 Å². The number of aromatic nitrogens is 1. The molecule has 1 saturated carbocycles. The first kappa shape index (κ1) is 12.1. The number of carboxylic acid groups (broad SMARTS) is 1. The van der Waals surface area contributed by atoms with Gasteiger partial charge in [0.25, 0.3) is 0 Å². The highest BCUT2D eigenvalue weighted by Crippen LogP contribution is 2.49. The molecule has 1 saturated heterocycles. The third-order valence-electron chi connectivity index (χ3n) is 4.03. The summed E-state index contributed by atoms with van der Waals surface area (Å²) in [6, 6.07) is 0. The molecule has 4 nitrogen and oxygen atoms in total. The molecule has 0 spiro atoms. The molecule has 5 heteroatoms. The van der Waals surface area contributed by atoms with Crippen LogP contribution in [0.2, 0.25) is 0 Å². The van der Waals surface area contributed by atoms with Gasteiger partial charge in [0.15, 0.2) is 0 Å². The lowest BCUT2D eigenvalue weighted by Crippen LogP contribution is -2.42. The van der Waals surface area contributed by atoms with Crippen LogP contribution in [0.15, 0.2) is 6.20 Å². The number of nitrogens with zero attached hydrogens (tertiary/aromatic N) is 1. The Labute approximate surface area is 110 Å². The fourth-order valence-electron chi connectivity index (χ4n) is 2.95. The van der Waals surface area contributed by atoms with E-state index >= 15 is 0 Å². The summed E-state index contributed by atoms with van der Waals surface area (Å²) >= 11 is 1.59. The van der Waals surface area contributed by atoms with Crippen LogP contribution in [-0.2, 0) is 16.0 Å². The van der Waals surface area contributed by atoms with Gasteiger partial charge in [-0.1, -0.05) is 0 Å². The summed E-state index contributed by atoms with van der Waals surface area (Å²) in [7, 11) is 0. The quantitative estimate of drug-likeness (QED) is 0.909. The third kappa shape index (κ3) is 1.95. The number of carbonyl (C=O) groups is 1. The smallest absolute Gasteiger partial charge is 0.312 e. The minimum Gasteiger partial charge on any atom is -0.481 e. The van der Waals surface area contributed by atoms with Crippen molar-refractivity contribution in [2.45, 2.75) is 38.7 Å². The second-order valence-electron chi connectivity index (χ2n) is 5.36. The van der Waals surface area contributed by atoms with Gasteiger partial charge in [0.1, 0.15) is 5.41 Å². The molecule has 0 aromatic carbocycles. The van der Waals surface area contributed by atoms with E-state index in [0.29, 0.717) is 25.4 Å². The molecule has 2 fully saturated rings. The highest BCUT2D eigenvalue weighted by Gasteiger charge is 2.55. The average Bonchev–Trinajstić information content (AvgIpc) is 2.95. The van der Waals surface area contributed by atoms with Gasteiger partial charge in [-0.2, -0.15) is 0 Å². The number of aliphatic carboxylic acids is 1. The van der Waals surface area contributed by atoms with Crippen molar-refractivity contribution >= 4 is 17.3 Å². The summed E-state index contributed by atoms with van der Waals surface area (Å²) in [4.78, 5) is 17.1. The van der Waals surface area contributed by atoms with E-state index in [-0.39, 0.29) is 6.10 Å². The molecule has 0 amide bonds. The summed E-state index contributed by atoms with van der Waals surface area (Å²) in [6.45, 7) is 2.52. The van der Waals surface area contributed by atoms with Gasteiger partial charge in [-0.15, -0.1) is 11.3 Å². The largest absolute Gasteiger partial charge is 0.481 e. The molecular weight excluding hydrogens is 250 g/mol. The van der Waals surface area contributed by atoms with Crippen LogP contribution in [-0.4, -0.2) is 28.8 Å². The van der Waals surface area contributed by atoms with Gasteiger partial charge in [-0.3, -0.25) is 4.79 Å². The Morgan fingerprint density at radius 2 is 2.44 bits per heavy atom. The average molecular weight is 267 g/mol. The first-order valence-corrected chi connectivity index (χ1v) is 7.20. The maximum atomic E-state index is 11.8. The summed E-state index contributed by atoms with van der Waals surface area (Å²) in [5.74, 6) is -0.249. The van der Waals surface area contributed by atoms with Crippen molar-refractivity contribution in [2.75, 3.05) is 6.61 Å². The van der Waals surface area contributed by atoms with Crippen LogP contribution in [0.3, 0.4) is 0 Å². The van der Waals surface area contributed by atoms with E-state index in [4.69, 9.17) is 4.74 Å². The Morgan fingerprint density at radius 1 is 1.67 bits per heavy atom. The van der Waals surface area contributed by atoms with Crippen molar-refractivity contribution in [1.29, 1.82) is 0 Å². The Balaban J connectivity index is 1.88. The van der Waals surface area contributed by atoms with E-state index in [1.165, 1.54) is 0 Å². The first-order chi connectivity index (χ1) is 8.62. The van der Waals surface area contributed by atoms with Crippen LogP contribution in [0.5, 0.6) is 0 Å². The van der Waals surface area contributed by atoms with Crippen LogP contribution < -0.4 is 0 Å². The molecule has 2 heterocycles. The van der Waals surface area contributed by atoms with Crippen LogP contribution in [0.4, 0.5) is 0 Å². The highest BCUT2D eigenvalue weighted by molar-refractivity contribution is 7.11. The molecule has 0 bridgehead atoms. The van der Waals surface area contributed by atoms with Crippen molar-refractivity contribution in [3.05, 3.63) is 16.1 Å². The minimum atomic E-state index is -0.722. The molecule has 0 radical (unpaired) electrons. The fraction of sp³-hybridized carbons (Fsp3) is 0.692. The van der Waals surface area contributed by atoms with Crippen molar-refractivity contribution < 1.29 is 14.6 Å². The predicted octanol–water partition coefficient (Wildman–Crippen LogP) is 2.26. The monoisotopic (exact) mass is 267 g/mol. The zero-order valence-corrected chi connectivity index (χ0v) is 11.2. The lowest BCUT2D eigenvalue weighted by atomic mass is 9.76. The molecular formula is C13H17NO3S. The number of rotatable bonds is 4. The number of ether oxygens (including phenoxy) is 1. The molecule has 1 aromatic heterocycles. The highest BCUT2D eigenvalue weighted by atomic mass is 32.1. The van der Waals surface area contributed by atoms with Gasteiger partial charge >= 0.3 is 5.97 Å². The molecule has 1 aliphatic carbocycles. The van der Waals surface area contributed by atoms with Crippen LogP contribution >= 0.6 is 11.3 Å². The maximum absolute atomic E-state index is 11.8. The lowest BCUT2D eigenvalue weighted by Gasteiger charge is -2.29. The van der Waals surface area contributed by atoms with Gasteiger partial charge in [0.2, 0.25) is 0 Å². The Bertz CT molecular complexity index is 469. The van der Waals surface area contributed by atoms with E-state index < -0.39 is 11.4 Å². The number of thiazole rings is 1. The summed E-state index contributed by atoms with van der Waals surface area (Å²) in [6.07, 6.45) is 5.13. The van der Waals surface area contributed by atoms with Crippen LogP contribution in [0, 0.1) is 18.3 Å². The van der Waals surface area contributed by atoms with E-state index in [1.54, 1.807) is 11.3 Å². The van der Waals surface area contributed by atoms with Gasteiger partial charge in [-0.05, 0) is 32.1 Å². The number of hydrogen-bond acceptors (Lipinski definition) is 4. The van der Waals surface area contributed by atoms with Gasteiger partial charge < -0.3 is 9.84 Å². The second-order valence-corrected chi connectivity index (χ2v) is 6.68. The summed E-state index contributed by atoms with van der Waals surface area (Å²) in [5, 5.41) is 10.7. The molecule has 2 atom stereocenters. The number of aryl methyl sites for hydroxylation is 1. The second kappa shape index (κ2) is 4.31. The van der Waals surface area contributed by atoms with Crippen LogP contribution in [0.25, 0.3) is 0 Å². The van der Waals surface area contributed by atoms with Crippen molar-refractivity contribution in [2.24, 2.45) is 11.3 Å². The zero-order chi connectivity index (χ0) is 12.8. The predicted molar refractivity (Wildman–Crippen MR) is 67.7 cm³/mol. The molecule has 98 valence electrons. The third-order valence-corrected chi connectivity index (χ3v) is 4.94. The summed E-state index contributed by atoms with van der Waals surface area (Å²) in [5.41, 5.74) is -0.722. The fourth-order valence-corrected chi connectivity index (χ4v) is 3.87. The molecule has 3 rings (SSSR count). The van der Waals surface area contributed by atoms with Crippen molar-refractivity contribution in [3.63, 3.8) is 0 Å². The van der Waals surface area contributed by atoms with Gasteiger partial charge in [0, 0.05) is 24.1 Å². The molecule has 18 heavy (non-hydrogen) atoms. The summed E-state index contributed by atoms with van der Waals surface area (Å²) < 4.78 is 5.74. The number of hydrogen-bond donors (Lipinski definition) is 1. The van der Waals surface area contributed by atoms with Crippen molar-refractivity contribution in [3.8, 4) is 0 Å². The molecule has 1 aliphatic heterocycles. The van der Waals surface area contributed by atoms with Crippen molar-refractivity contribution in [1.82, 2.24) is 4.98 Å². The molecule has 2 unspecified atom stereocenters. The van der Waals surface area contributed by atoms with E-state index in [9.17, 15) is 9.90 Å². The van der Waals surface area contributed by atoms with Crippen LogP contribution in [0.1, 0.15) is 29.1 Å². The molecule has 1 aromatic rings. The van der Waals surface area contributed by atoms with Gasteiger partial charge in [0.05, 0.1) is 11.1 Å². The zero-order valence-electron chi connectivity index (χ0n) is 10.4. The molecule has 1 N–H and O–H groups in total. The first-order valence-electron chi connectivity index (χ1n) is 6.38.